The average Bonchev–Trinajstić information content (AvgIpc) is 2.06. The molecular weight excluding hydrogens is 360 g/mol. The molecule has 2 aromatic rings. The van der Waals surface area contributed by atoms with Crippen molar-refractivity contribution in [3.63, 3.8) is 0 Å². The predicted octanol–water partition coefficient (Wildman–Crippen LogP) is 4.93. The third-order valence-electron chi connectivity index (χ3n) is 1.75. The first-order valence-corrected chi connectivity index (χ1v) is 6.01. The highest BCUT2D eigenvalue weighted by molar-refractivity contribution is 9.11. The van der Waals surface area contributed by atoms with E-state index in [-0.39, 0.29) is 0 Å². The van der Waals surface area contributed by atoms with Crippen LogP contribution in [0, 0.1) is 6.07 Å². The van der Waals surface area contributed by atoms with E-state index in [1.807, 2.05) is 18.2 Å². The number of fused-ring (bicyclic) bond motifs is 1. The first kappa shape index (κ1) is 9.69. The van der Waals surface area contributed by atoms with E-state index in [1.54, 1.807) is 0 Å². The quantitative estimate of drug-likeness (QED) is 0.622. The van der Waals surface area contributed by atoms with E-state index in [0.717, 1.165) is 24.2 Å². The van der Waals surface area contributed by atoms with Crippen LogP contribution in [0.5, 0.6) is 0 Å². The van der Waals surface area contributed by atoms with Crippen molar-refractivity contribution in [2.24, 2.45) is 0 Å². The molecule has 0 bridgehead atoms. The van der Waals surface area contributed by atoms with Crippen LogP contribution in [0.3, 0.4) is 0 Å². The predicted molar refractivity (Wildman–Crippen MR) is 65.9 cm³/mol. The summed E-state index contributed by atoms with van der Waals surface area (Å²) in [4.78, 5) is 0. The maximum atomic E-state index is 3.51. The molecule has 0 atom stereocenters. The van der Waals surface area contributed by atoms with Gasteiger partial charge >= 0.3 is 0 Å². The highest BCUT2D eigenvalue weighted by Gasteiger charge is 2.01. The van der Waals surface area contributed by atoms with Crippen molar-refractivity contribution in [2.45, 2.75) is 0 Å². The smallest absolute Gasteiger partial charge is 0.0272 e. The Morgan fingerprint density at radius 1 is 1.00 bits per heavy atom. The summed E-state index contributed by atoms with van der Waals surface area (Å²) in [5.74, 6) is 0. The SMILES string of the molecule is Brc1[c]c2ccc(Br)cc2c(Br)c1. The van der Waals surface area contributed by atoms with Crippen LogP contribution < -0.4 is 0 Å². The molecule has 0 fully saturated rings. The second-order valence-electron chi connectivity index (χ2n) is 2.66. The maximum Gasteiger partial charge on any atom is 0.0272 e. The lowest BCUT2D eigenvalue weighted by molar-refractivity contribution is 1.63. The van der Waals surface area contributed by atoms with Crippen molar-refractivity contribution in [3.05, 3.63) is 43.7 Å². The summed E-state index contributed by atoms with van der Waals surface area (Å²) < 4.78 is 3.13. The Morgan fingerprint density at radius 3 is 2.54 bits per heavy atom. The molecule has 0 amide bonds. The zero-order valence-electron chi connectivity index (χ0n) is 6.44. The molecule has 1 radical (unpaired) electrons. The Morgan fingerprint density at radius 2 is 1.77 bits per heavy atom. The summed E-state index contributed by atoms with van der Waals surface area (Å²) in [5.41, 5.74) is 0. The van der Waals surface area contributed by atoms with Crippen LogP contribution in [0.2, 0.25) is 0 Å². The summed E-state index contributed by atoms with van der Waals surface area (Å²) in [5, 5.41) is 2.27. The van der Waals surface area contributed by atoms with E-state index in [2.05, 4.69) is 59.9 Å². The van der Waals surface area contributed by atoms with Gasteiger partial charge in [0.15, 0.2) is 0 Å². The highest BCUT2D eigenvalue weighted by Crippen LogP contribution is 2.29. The Labute approximate surface area is 102 Å². The molecule has 0 unspecified atom stereocenters. The molecule has 0 saturated carbocycles. The first-order valence-electron chi connectivity index (χ1n) is 3.63. The van der Waals surface area contributed by atoms with E-state index >= 15 is 0 Å². The summed E-state index contributed by atoms with van der Waals surface area (Å²) in [6, 6.07) is 11.3. The summed E-state index contributed by atoms with van der Waals surface area (Å²) >= 11 is 10.4. The van der Waals surface area contributed by atoms with Gasteiger partial charge in [-0.05, 0) is 29.0 Å². The van der Waals surface area contributed by atoms with Gasteiger partial charge in [-0.1, -0.05) is 53.9 Å². The molecule has 2 rings (SSSR count). The second kappa shape index (κ2) is 3.71. The van der Waals surface area contributed by atoms with Crippen LogP contribution in [-0.2, 0) is 0 Å². The van der Waals surface area contributed by atoms with Crippen LogP contribution in [-0.4, -0.2) is 0 Å². The summed E-state index contributed by atoms with van der Waals surface area (Å²) in [7, 11) is 0. The van der Waals surface area contributed by atoms with E-state index in [4.69, 9.17) is 0 Å². The minimum Gasteiger partial charge on any atom is -0.0526 e. The van der Waals surface area contributed by atoms with Crippen molar-refractivity contribution < 1.29 is 0 Å². The van der Waals surface area contributed by atoms with Gasteiger partial charge in [0, 0.05) is 19.5 Å². The van der Waals surface area contributed by atoms with Gasteiger partial charge in [0.25, 0.3) is 0 Å². The summed E-state index contributed by atoms with van der Waals surface area (Å²) in [6.45, 7) is 0. The Kier molecular flexibility index (Phi) is 2.77. The third kappa shape index (κ3) is 1.97. The van der Waals surface area contributed by atoms with Gasteiger partial charge in [-0.3, -0.25) is 0 Å². The molecule has 2 aromatic carbocycles. The Hall–Kier alpha value is 0.140. The fourth-order valence-electron chi connectivity index (χ4n) is 1.18. The van der Waals surface area contributed by atoms with Gasteiger partial charge in [0.1, 0.15) is 0 Å². The van der Waals surface area contributed by atoms with Crippen molar-refractivity contribution in [1.29, 1.82) is 0 Å². The topological polar surface area (TPSA) is 0 Å². The van der Waals surface area contributed by atoms with Crippen molar-refractivity contribution in [1.82, 2.24) is 0 Å². The molecule has 65 valence electrons. The molecule has 0 N–H and O–H groups in total. The van der Waals surface area contributed by atoms with E-state index in [1.165, 1.54) is 0 Å². The largest absolute Gasteiger partial charge is 0.0526 e. The molecule has 3 heteroatoms. The van der Waals surface area contributed by atoms with Crippen LogP contribution in [0.1, 0.15) is 0 Å². The summed E-state index contributed by atoms with van der Waals surface area (Å²) in [6.07, 6.45) is 0. The zero-order valence-corrected chi connectivity index (χ0v) is 11.2. The van der Waals surface area contributed by atoms with Crippen molar-refractivity contribution >= 4 is 58.6 Å². The van der Waals surface area contributed by atoms with Gasteiger partial charge in [-0.25, -0.2) is 0 Å². The van der Waals surface area contributed by atoms with Gasteiger partial charge in [0.05, 0.1) is 0 Å². The average molecular weight is 364 g/mol. The number of hydrogen-bond donors (Lipinski definition) is 0. The fraction of sp³-hybridized carbons (Fsp3) is 0. The Balaban J connectivity index is 2.87. The third-order valence-corrected chi connectivity index (χ3v) is 3.32. The number of halogens is 3. The lowest BCUT2D eigenvalue weighted by atomic mass is 10.1. The number of hydrogen-bond acceptors (Lipinski definition) is 0. The molecule has 0 aliphatic rings. The molecule has 0 aliphatic carbocycles. The van der Waals surface area contributed by atoms with Crippen LogP contribution in [0.25, 0.3) is 10.8 Å². The number of benzene rings is 2. The van der Waals surface area contributed by atoms with E-state index in [9.17, 15) is 0 Å². The van der Waals surface area contributed by atoms with Gasteiger partial charge in [0.2, 0.25) is 0 Å². The van der Waals surface area contributed by atoms with Crippen molar-refractivity contribution in [2.75, 3.05) is 0 Å². The lowest BCUT2D eigenvalue weighted by Gasteiger charge is -2.01. The molecular formula is C10H4Br3. The van der Waals surface area contributed by atoms with E-state index in [0.29, 0.717) is 0 Å². The normalized spacial score (nSPS) is 10.7. The van der Waals surface area contributed by atoms with Crippen LogP contribution >= 0.6 is 47.8 Å². The molecule has 0 aliphatic heterocycles. The minimum absolute atomic E-state index is 0.967. The molecule has 0 heterocycles. The maximum absolute atomic E-state index is 3.51. The molecule has 13 heavy (non-hydrogen) atoms. The van der Waals surface area contributed by atoms with E-state index < -0.39 is 0 Å². The molecule has 0 nitrogen and oxygen atoms in total. The molecule has 0 aromatic heterocycles. The van der Waals surface area contributed by atoms with Crippen LogP contribution in [0.4, 0.5) is 0 Å². The van der Waals surface area contributed by atoms with Gasteiger partial charge in [-0.15, -0.1) is 0 Å². The standard InChI is InChI=1S/C10H4Br3/c11-7-2-1-6-3-8(12)5-10(13)9(6)4-7/h1-2,4-5H. The lowest BCUT2D eigenvalue weighted by Crippen LogP contribution is -1.76. The van der Waals surface area contributed by atoms with Crippen LogP contribution in [0.15, 0.2) is 37.7 Å². The van der Waals surface area contributed by atoms with Gasteiger partial charge in [-0.2, -0.15) is 0 Å². The highest BCUT2D eigenvalue weighted by atomic mass is 79.9. The molecule has 0 saturated heterocycles. The van der Waals surface area contributed by atoms with Crippen molar-refractivity contribution in [3.8, 4) is 0 Å². The fourth-order valence-corrected chi connectivity index (χ4v) is 2.84. The minimum atomic E-state index is 0.967. The van der Waals surface area contributed by atoms with Gasteiger partial charge < -0.3 is 0 Å². The second-order valence-corrected chi connectivity index (χ2v) is 5.28. The Bertz CT molecular complexity index is 463. The monoisotopic (exact) mass is 361 g/mol. The molecule has 0 spiro atoms. The first-order chi connectivity index (χ1) is 6.16. The number of rotatable bonds is 0. The zero-order chi connectivity index (χ0) is 9.42.